The summed E-state index contributed by atoms with van der Waals surface area (Å²) in [6.07, 6.45) is 0. The molecule has 0 unspecified atom stereocenters. The van der Waals surface area contributed by atoms with Crippen LogP contribution in [0, 0.1) is 5.82 Å². The minimum absolute atomic E-state index is 0.186. The van der Waals surface area contributed by atoms with E-state index in [1.54, 1.807) is 12.1 Å². The number of nitrogens with two attached hydrogens (primary N) is 1. The van der Waals surface area contributed by atoms with Crippen LogP contribution in [0.1, 0.15) is 30.1 Å². The van der Waals surface area contributed by atoms with Gasteiger partial charge in [0.15, 0.2) is 11.6 Å². The number of carbonyl (C=O) groups is 1. The van der Waals surface area contributed by atoms with Gasteiger partial charge >= 0.3 is 0 Å². The first-order valence-electron chi connectivity index (χ1n) is 6.96. The van der Waals surface area contributed by atoms with Gasteiger partial charge in [-0.05, 0) is 30.2 Å². The van der Waals surface area contributed by atoms with Crippen LogP contribution in [0.5, 0.6) is 5.75 Å². The van der Waals surface area contributed by atoms with Crippen molar-refractivity contribution in [3.8, 4) is 5.75 Å². The van der Waals surface area contributed by atoms with Crippen LogP contribution >= 0.6 is 0 Å². The molecule has 4 nitrogen and oxygen atoms in total. The zero-order valence-corrected chi connectivity index (χ0v) is 12.5. The highest BCUT2D eigenvalue weighted by molar-refractivity contribution is 5.81. The quantitative estimate of drug-likeness (QED) is 0.862. The number of nitrogens with one attached hydrogen (secondary N) is 1. The molecule has 0 heterocycles. The molecule has 5 heteroatoms. The summed E-state index contributed by atoms with van der Waals surface area (Å²) in [5.41, 5.74) is 6.96. The Kier molecular flexibility index (Phi) is 5.12. The number of hydrogen-bond acceptors (Lipinski definition) is 3. The van der Waals surface area contributed by atoms with E-state index in [-0.39, 0.29) is 11.8 Å². The van der Waals surface area contributed by atoms with Gasteiger partial charge in [0, 0.05) is 6.04 Å². The highest BCUT2D eigenvalue weighted by Gasteiger charge is 2.20. The van der Waals surface area contributed by atoms with Crippen molar-refractivity contribution >= 4 is 5.91 Å². The number of ether oxygens (including phenoxy) is 1. The minimum atomic E-state index is -0.638. The normalized spacial score (nSPS) is 13.4. The monoisotopic (exact) mass is 302 g/mol. The molecule has 2 aromatic rings. The first-order chi connectivity index (χ1) is 10.5. The third-order valence-corrected chi connectivity index (χ3v) is 3.51. The van der Waals surface area contributed by atoms with Crippen LogP contribution in [-0.4, -0.2) is 13.0 Å². The van der Waals surface area contributed by atoms with Crippen molar-refractivity contribution in [2.24, 2.45) is 5.73 Å². The number of benzene rings is 2. The van der Waals surface area contributed by atoms with Gasteiger partial charge in [-0.2, -0.15) is 0 Å². The lowest BCUT2D eigenvalue weighted by Crippen LogP contribution is -2.35. The maximum absolute atomic E-state index is 13.8. The number of rotatable bonds is 6. The average Bonchev–Trinajstić information content (AvgIpc) is 2.52. The SMILES string of the molecule is COc1ccc([C@H](C)N[C@H](C(N)=O)c2ccccc2)cc1F. The van der Waals surface area contributed by atoms with Crippen molar-refractivity contribution in [1.29, 1.82) is 0 Å². The van der Waals surface area contributed by atoms with Gasteiger partial charge in [0.25, 0.3) is 0 Å². The molecular weight excluding hydrogens is 283 g/mol. The van der Waals surface area contributed by atoms with E-state index in [2.05, 4.69) is 5.32 Å². The van der Waals surface area contributed by atoms with Crippen LogP contribution in [0.2, 0.25) is 0 Å². The van der Waals surface area contributed by atoms with Gasteiger partial charge in [0.2, 0.25) is 5.91 Å². The molecule has 1 amide bonds. The number of primary amides is 1. The van der Waals surface area contributed by atoms with E-state index >= 15 is 0 Å². The molecule has 0 fully saturated rings. The van der Waals surface area contributed by atoms with Crippen molar-refractivity contribution in [3.05, 3.63) is 65.5 Å². The second-order valence-electron chi connectivity index (χ2n) is 5.03. The first kappa shape index (κ1) is 16.0. The first-order valence-corrected chi connectivity index (χ1v) is 6.96. The second kappa shape index (κ2) is 7.04. The Morgan fingerprint density at radius 3 is 2.41 bits per heavy atom. The standard InChI is InChI=1S/C17H19FN2O2/c1-11(13-8-9-15(22-2)14(18)10-13)20-16(17(19)21)12-6-4-3-5-7-12/h3-11,16,20H,1-2H3,(H2,19,21)/t11-,16-/m0/s1. The Morgan fingerprint density at radius 1 is 1.18 bits per heavy atom. The molecule has 0 spiro atoms. The molecular formula is C17H19FN2O2. The maximum Gasteiger partial charge on any atom is 0.239 e. The molecule has 0 aromatic heterocycles. The summed E-state index contributed by atoms with van der Waals surface area (Å²) in [4.78, 5) is 11.7. The van der Waals surface area contributed by atoms with Crippen LogP contribution in [0.15, 0.2) is 48.5 Å². The molecule has 3 N–H and O–H groups in total. The molecule has 0 aliphatic rings. The summed E-state index contributed by atoms with van der Waals surface area (Å²) in [5, 5.41) is 3.13. The Balaban J connectivity index is 2.20. The fraction of sp³-hybridized carbons (Fsp3) is 0.235. The Hall–Kier alpha value is -2.40. The fourth-order valence-corrected chi connectivity index (χ4v) is 2.29. The zero-order chi connectivity index (χ0) is 16.1. The number of amides is 1. The van der Waals surface area contributed by atoms with E-state index in [0.29, 0.717) is 5.56 Å². The lowest BCUT2D eigenvalue weighted by Gasteiger charge is -2.22. The molecule has 22 heavy (non-hydrogen) atoms. The van der Waals surface area contributed by atoms with Gasteiger partial charge in [-0.1, -0.05) is 36.4 Å². The number of carbonyl (C=O) groups excluding carboxylic acids is 1. The molecule has 0 radical (unpaired) electrons. The van der Waals surface area contributed by atoms with Gasteiger partial charge in [0.05, 0.1) is 7.11 Å². The van der Waals surface area contributed by atoms with Gasteiger partial charge in [-0.15, -0.1) is 0 Å². The molecule has 2 aromatic carbocycles. The fourth-order valence-electron chi connectivity index (χ4n) is 2.29. The summed E-state index contributed by atoms with van der Waals surface area (Å²) in [6.45, 7) is 1.85. The highest BCUT2D eigenvalue weighted by Crippen LogP contribution is 2.24. The molecule has 0 aliphatic carbocycles. The summed E-state index contributed by atoms with van der Waals surface area (Å²) in [7, 11) is 1.41. The van der Waals surface area contributed by atoms with E-state index in [9.17, 15) is 9.18 Å². The third kappa shape index (κ3) is 3.62. The molecule has 0 saturated carbocycles. The van der Waals surface area contributed by atoms with Crippen molar-refractivity contribution in [1.82, 2.24) is 5.32 Å². The largest absolute Gasteiger partial charge is 0.494 e. The van der Waals surface area contributed by atoms with E-state index in [1.807, 2.05) is 37.3 Å². The van der Waals surface area contributed by atoms with Crippen LogP contribution in [0.4, 0.5) is 4.39 Å². The van der Waals surface area contributed by atoms with Crippen molar-refractivity contribution in [3.63, 3.8) is 0 Å². The lowest BCUT2D eigenvalue weighted by atomic mass is 10.0. The number of halogens is 1. The Bertz CT molecular complexity index is 646. The average molecular weight is 302 g/mol. The topological polar surface area (TPSA) is 64.3 Å². The van der Waals surface area contributed by atoms with Crippen LogP contribution in [-0.2, 0) is 4.79 Å². The zero-order valence-electron chi connectivity index (χ0n) is 12.5. The van der Waals surface area contributed by atoms with Crippen LogP contribution in [0.25, 0.3) is 0 Å². The van der Waals surface area contributed by atoms with Crippen LogP contribution < -0.4 is 15.8 Å². The molecule has 0 bridgehead atoms. The molecule has 2 atom stereocenters. The van der Waals surface area contributed by atoms with Gasteiger partial charge < -0.3 is 10.5 Å². The summed E-state index contributed by atoms with van der Waals surface area (Å²) >= 11 is 0. The second-order valence-corrected chi connectivity index (χ2v) is 5.03. The van der Waals surface area contributed by atoms with E-state index < -0.39 is 17.8 Å². The molecule has 0 aliphatic heterocycles. The van der Waals surface area contributed by atoms with Crippen molar-refractivity contribution < 1.29 is 13.9 Å². The van der Waals surface area contributed by atoms with Gasteiger partial charge in [-0.3, -0.25) is 10.1 Å². The van der Waals surface area contributed by atoms with Gasteiger partial charge in [0.1, 0.15) is 6.04 Å². The Labute approximate surface area is 129 Å². The van der Waals surface area contributed by atoms with Gasteiger partial charge in [-0.25, -0.2) is 4.39 Å². The third-order valence-electron chi connectivity index (χ3n) is 3.51. The van der Waals surface area contributed by atoms with Crippen molar-refractivity contribution in [2.75, 3.05) is 7.11 Å². The molecule has 2 rings (SSSR count). The Morgan fingerprint density at radius 2 is 1.86 bits per heavy atom. The summed E-state index contributed by atoms with van der Waals surface area (Å²) in [5.74, 6) is -0.735. The van der Waals surface area contributed by atoms with E-state index in [0.717, 1.165) is 5.56 Å². The predicted molar refractivity (Wildman–Crippen MR) is 82.9 cm³/mol. The minimum Gasteiger partial charge on any atom is -0.494 e. The number of hydrogen-bond donors (Lipinski definition) is 2. The lowest BCUT2D eigenvalue weighted by molar-refractivity contribution is -0.120. The highest BCUT2D eigenvalue weighted by atomic mass is 19.1. The maximum atomic E-state index is 13.8. The van der Waals surface area contributed by atoms with E-state index in [1.165, 1.54) is 13.2 Å². The van der Waals surface area contributed by atoms with Crippen molar-refractivity contribution in [2.45, 2.75) is 19.0 Å². The summed E-state index contributed by atoms with van der Waals surface area (Å²) in [6, 6.07) is 13.0. The predicted octanol–water partition coefficient (Wildman–Crippen LogP) is 2.71. The van der Waals surface area contributed by atoms with Crippen LogP contribution in [0.3, 0.4) is 0 Å². The number of methoxy groups -OCH3 is 1. The van der Waals surface area contributed by atoms with E-state index in [4.69, 9.17) is 10.5 Å². The summed E-state index contributed by atoms with van der Waals surface area (Å²) < 4.78 is 18.7. The molecule has 116 valence electrons. The molecule has 0 saturated heterocycles. The smallest absolute Gasteiger partial charge is 0.239 e.